The van der Waals surface area contributed by atoms with Crippen molar-refractivity contribution in [3.05, 3.63) is 89.6 Å². The summed E-state index contributed by atoms with van der Waals surface area (Å²) in [6.45, 7) is 6.24. The lowest BCUT2D eigenvalue weighted by Crippen LogP contribution is -2.30. The molecule has 0 atom stereocenters. The number of aryl methyl sites for hydroxylation is 3. The van der Waals surface area contributed by atoms with Crippen molar-refractivity contribution >= 4 is 34.8 Å². The number of pyridine rings is 1. The second-order valence-corrected chi connectivity index (χ2v) is 14.7. The average molecular weight is 734 g/mol. The minimum Gasteiger partial charge on any atom is -0.426 e. The van der Waals surface area contributed by atoms with Gasteiger partial charge in [0.05, 0.1) is 23.7 Å². The van der Waals surface area contributed by atoms with E-state index in [0.717, 1.165) is 31.4 Å². The quantitative estimate of drug-likeness (QED) is 0.0978. The van der Waals surface area contributed by atoms with Gasteiger partial charge in [0.25, 0.3) is 0 Å². The van der Waals surface area contributed by atoms with Crippen molar-refractivity contribution in [2.75, 3.05) is 0 Å². The van der Waals surface area contributed by atoms with Gasteiger partial charge in [-0.05, 0) is 130 Å². The highest BCUT2D eigenvalue weighted by Gasteiger charge is 2.34. The number of carbonyl (C=O) groups is 4. The molecule has 0 unspecified atom stereocenters. The molecule has 0 saturated heterocycles. The molecule has 9 heteroatoms. The minimum atomic E-state index is -0.369. The first-order chi connectivity index (χ1) is 26.2. The Morgan fingerprint density at radius 2 is 0.889 bits per heavy atom. The molecule has 2 aliphatic carbocycles. The number of benzene rings is 3. The predicted molar refractivity (Wildman–Crippen MR) is 205 cm³/mol. The van der Waals surface area contributed by atoms with Crippen molar-refractivity contribution in [1.29, 1.82) is 0 Å². The standard InChI is InChI=1S/C45H51NO8/c1-4-7-29-9-22-36(23-10-29)51-42(47)31-13-17-33(18-14-31)44(49)53-39-27-28-40(41-38(39)26-21-35(6-3)46-41)54-45(50)34-19-15-32(16-20-34)43(48)52-37-24-11-30(8-5-2)12-25-37/h9-12,21-28,31-34H,4-8,13-20H2,1-3H3/t31-,32-,33-,34-. The van der Waals surface area contributed by atoms with Crippen molar-refractivity contribution in [1.82, 2.24) is 4.98 Å². The molecule has 284 valence electrons. The number of hydrogen-bond acceptors (Lipinski definition) is 9. The van der Waals surface area contributed by atoms with Crippen molar-refractivity contribution in [3.63, 3.8) is 0 Å². The van der Waals surface area contributed by atoms with Crippen LogP contribution in [0.25, 0.3) is 10.9 Å². The normalized spacial score (nSPS) is 19.8. The molecular weight excluding hydrogens is 682 g/mol. The summed E-state index contributed by atoms with van der Waals surface area (Å²) in [5, 5.41) is 0.572. The summed E-state index contributed by atoms with van der Waals surface area (Å²) in [6.07, 6.45) is 8.97. The molecule has 2 aliphatic rings. The third-order valence-corrected chi connectivity index (χ3v) is 10.8. The van der Waals surface area contributed by atoms with E-state index >= 15 is 0 Å². The average Bonchev–Trinajstić information content (AvgIpc) is 3.20. The van der Waals surface area contributed by atoms with Gasteiger partial charge in [0.15, 0.2) is 5.75 Å². The number of nitrogens with zero attached hydrogens (tertiary/aromatic N) is 1. The molecule has 1 aromatic heterocycles. The third kappa shape index (κ3) is 9.73. The van der Waals surface area contributed by atoms with Crippen LogP contribution in [0.15, 0.2) is 72.8 Å². The third-order valence-electron chi connectivity index (χ3n) is 10.8. The van der Waals surface area contributed by atoms with Crippen LogP contribution < -0.4 is 18.9 Å². The van der Waals surface area contributed by atoms with Crippen LogP contribution in [0.2, 0.25) is 0 Å². The van der Waals surface area contributed by atoms with Gasteiger partial charge in [0.2, 0.25) is 0 Å². The second-order valence-electron chi connectivity index (χ2n) is 14.7. The number of fused-ring (bicyclic) bond motifs is 1. The Morgan fingerprint density at radius 3 is 1.30 bits per heavy atom. The molecule has 54 heavy (non-hydrogen) atoms. The number of esters is 4. The monoisotopic (exact) mass is 733 g/mol. The fraction of sp³-hybridized carbons (Fsp3) is 0.444. The van der Waals surface area contributed by atoms with Gasteiger partial charge in [0.1, 0.15) is 22.8 Å². The van der Waals surface area contributed by atoms with E-state index in [0.29, 0.717) is 91.7 Å². The van der Waals surface area contributed by atoms with E-state index in [9.17, 15) is 19.2 Å². The molecule has 2 fully saturated rings. The Kier molecular flexibility index (Phi) is 13.1. The van der Waals surface area contributed by atoms with Crippen molar-refractivity contribution in [2.45, 2.75) is 104 Å². The van der Waals surface area contributed by atoms with Gasteiger partial charge in [-0.25, -0.2) is 4.98 Å². The minimum absolute atomic E-state index is 0.265. The van der Waals surface area contributed by atoms with Crippen LogP contribution in [-0.2, 0) is 38.4 Å². The summed E-state index contributed by atoms with van der Waals surface area (Å²) in [4.78, 5) is 57.3. The summed E-state index contributed by atoms with van der Waals surface area (Å²) in [6, 6.07) is 22.3. The lowest BCUT2D eigenvalue weighted by atomic mass is 9.82. The molecule has 2 saturated carbocycles. The van der Waals surface area contributed by atoms with E-state index in [2.05, 4.69) is 13.8 Å². The number of rotatable bonds is 13. The van der Waals surface area contributed by atoms with E-state index < -0.39 is 0 Å². The van der Waals surface area contributed by atoms with Gasteiger partial charge in [-0.15, -0.1) is 0 Å². The lowest BCUT2D eigenvalue weighted by Gasteiger charge is -2.26. The molecule has 0 amide bonds. The first-order valence-electron chi connectivity index (χ1n) is 19.7. The fourth-order valence-corrected chi connectivity index (χ4v) is 7.51. The highest BCUT2D eigenvalue weighted by atomic mass is 16.5. The molecule has 6 rings (SSSR count). The summed E-state index contributed by atoms with van der Waals surface area (Å²) in [5.41, 5.74) is 3.68. The number of aromatic nitrogens is 1. The second kappa shape index (κ2) is 18.3. The molecule has 0 bridgehead atoms. The largest absolute Gasteiger partial charge is 0.426 e. The molecule has 0 aliphatic heterocycles. The Labute approximate surface area is 317 Å². The molecule has 0 radical (unpaired) electrons. The Bertz CT molecular complexity index is 1920. The van der Waals surface area contributed by atoms with Crippen LogP contribution in [0.3, 0.4) is 0 Å². The van der Waals surface area contributed by atoms with Crippen molar-refractivity contribution in [3.8, 4) is 23.0 Å². The molecular formula is C45H51NO8. The number of ether oxygens (including phenoxy) is 4. The summed E-state index contributed by atoms with van der Waals surface area (Å²) in [5.74, 6) is -0.789. The van der Waals surface area contributed by atoms with Crippen molar-refractivity contribution in [2.24, 2.45) is 23.7 Å². The number of hydrogen-bond donors (Lipinski definition) is 0. The topological polar surface area (TPSA) is 118 Å². The Balaban J connectivity index is 1.03. The zero-order chi connectivity index (χ0) is 38.0. The highest BCUT2D eigenvalue weighted by Crippen LogP contribution is 2.37. The first kappa shape index (κ1) is 38.7. The van der Waals surface area contributed by atoms with Crippen LogP contribution in [0.1, 0.15) is 102 Å². The van der Waals surface area contributed by atoms with Gasteiger partial charge >= 0.3 is 23.9 Å². The fourth-order valence-electron chi connectivity index (χ4n) is 7.51. The smallest absolute Gasteiger partial charge is 0.314 e. The maximum absolute atomic E-state index is 13.4. The molecule has 0 N–H and O–H groups in total. The van der Waals surface area contributed by atoms with E-state index in [-0.39, 0.29) is 47.5 Å². The van der Waals surface area contributed by atoms with Crippen LogP contribution in [0.4, 0.5) is 0 Å². The molecule has 0 spiro atoms. The van der Waals surface area contributed by atoms with Crippen LogP contribution in [0.5, 0.6) is 23.0 Å². The van der Waals surface area contributed by atoms with Crippen LogP contribution in [-0.4, -0.2) is 28.9 Å². The van der Waals surface area contributed by atoms with Gasteiger partial charge in [-0.1, -0.05) is 57.9 Å². The van der Waals surface area contributed by atoms with Crippen LogP contribution in [0, 0.1) is 23.7 Å². The predicted octanol–water partition coefficient (Wildman–Crippen LogP) is 9.34. The lowest BCUT2D eigenvalue weighted by molar-refractivity contribution is -0.145. The maximum Gasteiger partial charge on any atom is 0.314 e. The van der Waals surface area contributed by atoms with Gasteiger partial charge in [0, 0.05) is 11.1 Å². The molecule has 4 aromatic rings. The highest BCUT2D eigenvalue weighted by molar-refractivity contribution is 5.94. The summed E-state index contributed by atoms with van der Waals surface area (Å²) < 4.78 is 23.2. The van der Waals surface area contributed by atoms with E-state index in [4.69, 9.17) is 23.9 Å². The zero-order valence-electron chi connectivity index (χ0n) is 31.6. The van der Waals surface area contributed by atoms with Crippen molar-refractivity contribution < 1.29 is 38.1 Å². The van der Waals surface area contributed by atoms with Gasteiger partial charge in [-0.3, -0.25) is 19.2 Å². The van der Waals surface area contributed by atoms with E-state index in [1.54, 1.807) is 12.1 Å². The SMILES string of the molecule is CCCc1ccc(OC(=O)[C@H]2CC[C@H](C(=O)Oc3ccc(OC(=O)[C@H]4CC[C@H](C(=O)Oc5ccc(CCC)cc5)CC4)c4nc(CC)ccc34)CC2)cc1. The first-order valence-corrected chi connectivity index (χ1v) is 19.7. The van der Waals surface area contributed by atoms with Gasteiger partial charge < -0.3 is 18.9 Å². The molecule has 9 nitrogen and oxygen atoms in total. The Hall–Kier alpha value is -5.05. The van der Waals surface area contributed by atoms with Gasteiger partial charge in [-0.2, -0.15) is 0 Å². The summed E-state index contributed by atoms with van der Waals surface area (Å²) >= 11 is 0. The maximum atomic E-state index is 13.4. The molecule has 3 aromatic carbocycles. The Morgan fingerprint density at radius 1 is 0.500 bits per heavy atom. The number of carbonyl (C=O) groups excluding carboxylic acids is 4. The van der Waals surface area contributed by atoms with Crippen LogP contribution >= 0.6 is 0 Å². The molecule has 1 heterocycles. The van der Waals surface area contributed by atoms with E-state index in [1.807, 2.05) is 67.6 Å². The van der Waals surface area contributed by atoms with E-state index in [1.165, 1.54) is 11.1 Å². The zero-order valence-corrected chi connectivity index (χ0v) is 31.6. The summed E-state index contributed by atoms with van der Waals surface area (Å²) in [7, 11) is 0.